The van der Waals surface area contributed by atoms with Gasteiger partial charge in [0.2, 0.25) is 0 Å². The van der Waals surface area contributed by atoms with Crippen LogP contribution in [0.3, 0.4) is 0 Å². The van der Waals surface area contributed by atoms with Crippen LogP contribution in [0.1, 0.15) is 46.0 Å². The number of carbonyl (C=O) groups excluding carboxylic acids is 1. The molecule has 0 fully saturated rings. The Morgan fingerprint density at radius 2 is 2.14 bits per heavy atom. The highest BCUT2D eigenvalue weighted by Crippen LogP contribution is 2.35. The average Bonchev–Trinajstić information content (AvgIpc) is 3.37. The van der Waals surface area contributed by atoms with Gasteiger partial charge in [0.15, 0.2) is 0 Å². The number of para-hydroxylation sites is 1. The first-order valence-electron chi connectivity index (χ1n) is 9.60. The summed E-state index contributed by atoms with van der Waals surface area (Å²) in [5.74, 6) is 0.00977. The highest BCUT2D eigenvalue weighted by Gasteiger charge is 2.36. The number of nitrogens with zero attached hydrogens (tertiary/aromatic N) is 3. The Morgan fingerprint density at radius 3 is 2.96 bits per heavy atom. The lowest BCUT2D eigenvalue weighted by atomic mass is 9.96. The van der Waals surface area contributed by atoms with Crippen molar-refractivity contribution in [3.8, 4) is 0 Å². The van der Waals surface area contributed by atoms with Gasteiger partial charge in [-0.05, 0) is 29.7 Å². The van der Waals surface area contributed by atoms with Gasteiger partial charge in [-0.25, -0.2) is 4.98 Å². The normalized spacial score (nSPS) is 16.3. The van der Waals surface area contributed by atoms with E-state index in [2.05, 4.69) is 32.9 Å². The third kappa shape index (κ3) is 2.52. The second-order valence-corrected chi connectivity index (χ2v) is 7.08. The largest absolute Gasteiger partial charge is 0.350 e. The average molecular weight is 371 g/mol. The number of H-pyrrole nitrogens is 2. The molecule has 28 heavy (non-hydrogen) atoms. The minimum atomic E-state index is -0.243. The summed E-state index contributed by atoms with van der Waals surface area (Å²) < 4.78 is 0. The molecule has 2 N–H and O–H groups in total. The van der Waals surface area contributed by atoms with E-state index in [1.807, 2.05) is 41.4 Å². The van der Waals surface area contributed by atoms with Crippen LogP contribution in [-0.2, 0) is 12.8 Å². The van der Waals surface area contributed by atoms with Crippen LogP contribution in [0.25, 0.3) is 10.9 Å². The van der Waals surface area contributed by atoms with Gasteiger partial charge in [-0.1, -0.05) is 31.2 Å². The molecule has 6 heteroatoms. The predicted molar refractivity (Wildman–Crippen MR) is 107 cm³/mol. The number of aryl methyl sites for hydroxylation is 1. The highest BCUT2D eigenvalue weighted by molar-refractivity contribution is 6.01. The number of carbonyl (C=O) groups is 1. The zero-order chi connectivity index (χ0) is 19.1. The van der Waals surface area contributed by atoms with E-state index in [0.29, 0.717) is 12.2 Å². The van der Waals surface area contributed by atoms with Gasteiger partial charge in [0, 0.05) is 42.0 Å². The molecular weight excluding hydrogens is 350 g/mol. The van der Waals surface area contributed by atoms with Crippen molar-refractivity contribution in [3.05, 3.63) is 83.3 Å². The molecule has 140 valence electrons. The van der Waals surface area contributed by atoms with Crippen molar-refractivity contribution in [2.24, 2.45) is 0 Å². The molecule has 6 nitrogen and oxygen atoms in total. The van der Waals surface area contributed by atoms with Crippen LogP contribution >= 0.6 is 0 Å². The lowest BCUT2D eigenvalue weighted by Gasteiger charge is -2.35. The van der Waals surface area contributed by atoms with E-state index in [1.165, 1.54) is 0 Å². The first-order chi connectivity index (χ1) is 13.8. The molecule has 0 spiro atoms. The maximum absolute atomic E-state index is 13.7. The van der Waals surface area contributed by atoms with Gasteiger partial charge in [-0.2, -0.15) is 0 Å². The van der Waals surface area contributed by atoms with Crippen LogP contribution in [0.5, 0.6) is 0 Å². The van der Waals surface area contributed by atoms with E-state index < -0.39 is 0 Å². The first-order valence-corrected chi connectivity index (χ1v) is 9.60. The number of imidazole rings is 1. The number of nitrogens with one attached hydrogen (secondary N) is 2. The molecule has 3 aromatic heterocycles. The molecule has 0 saturated carbocycles. The second-order valence-electron chi connectivity index (χ2n) is 7.08. The van der Waals surface area contributed by atoms with E-state index in [1.54, 1.807) is 12.5 Å². The molecule has 1 aliphatic rings. The van der Waals surface area contributed by atoms with Gasteiger partial charge in [-0.15, -0.1) is 0 Å². The third-order valence-corrected chi connectivity index (χ3v) is 5.57. The molecule has 1 aliphatic heterocycles. The van der Waals surface area contributed by atoms with Crippen LogP contribution in [0.15, 0.2) is 55.1 Å². The van der Waals surface area contributed by atoms with Crippen LogP contribution in [0.4, 0.5) is 0 Å². The van der Waals surface area contributed by atoms with Gasteiger partial charge in [0.05, 0.1) is 12.0 Å². The smallest absolute Gasteiger partial charge is 0.271 e. The Kier molecular flexibility index (Phi) is 3.97. The van der Waals surface area contributed by atoms with E-state index in [4.69, 9.17) is 0 Å². The van der Waals surface area contributed by atoms with Crippen molar-refractivity contribution in [3.63, 3.8) is 0 Å². The summed E-state index contributed by atoms with van der Waals surface area (Å²) in [6.45, 7) is 2.72. The second kappa shape index (κ2) is 6.64. The molecule has 4 heterocycles. The zero-order valence-electron chi connectivity index (χ0n) is 15.6. The van der Waals surface area contributed by atoms with Gasteiger partial charge in [-0.3, -0.25) is 9.78 Å². The topological polar surface area (TPSA) is 77.7 Å². The van der Waals surface area contributed by atoms with Crippen molar-refractivity contribution in [2.75, 3.05) is 6.54 Å². The minimum Gasteiger partial charge on any atom is -0.350 e. The quantitative estimate of drug-likeness (QED) is 0.577. The molecule has 1 atom stereocenters. The fraction of sp³-hybridized carbons (Fsp3) is 0.227. The van der Waals surface area contributed by atoms with Crippen LogP contribution in [0.2, 0.25) is 0 Å². The van der Waals surface area contributed by atoms with Crippen molar-refractivity contribution in [1.29, 1.82) is 0 Å². The summed E-state index contributed by atoms with van der Waals surface area (Å²) in [6.07, 6.45) is 6.84. The molecule has 0 aliphatic carbocycles. The number of amides is 1. The summed E-state index contributed by atoms with van der Waals surface area (Å²) in [4.78, 5) is 31.0. The molecular formula is C22H21N5O. The SMILES string of the molecule is CCc1c(C(=O)N2CCc3[nH]cnc3[C@H]2c2cccnc2)[nH]c2ccccc12. The molecule has 0 bridgehead atoms. The van der Waals surface area contributed by atoms with Crippen LogP contribution in [-0.4, -0.2) is 37.3 Å². The molecule has 4 aromatic rings. The fourth-order valence-electron chi connectivity index (χ4n) is 4.26. The third-order valence-electron chi connectivity index (χ3n) is 5.57. The standard InChI is InChI=1S/C22H21N5O/c1-2-15-16-7-3-4-8-17(16)26-19(15)22(28)27-11-9-18-20(25-13-24-18)21(27)14-6-5-10-23-12-14/h3-8,10,12-13,21,26H,2,9,11H2,1H3,(H,24,25)/t21-/m1/s1. The van der Waals surface area contributed by atoms with Crippen LogP contribution < -0.4 is 0 Å². The number of hydrogen-bond acceptors (Lipinski definition) is 3. The monoisotopic (exact) mass is 371 g/mol. The Bertz CT molecular complexity index is 1140. The summed E-state index contributed by atoms with van der Waals surface area (Å²) >= 11 is 0. The Hall–Kier alpha value is -3.41. The van der Waals surface area contributed by atoms with Gasteiger partial charge in [0.1, 0.15) is 11.7 Å². The summed E-state index contributed by atoms with van der Waals surface area (Å²) in [5, 5.41) is 1.11. The molecule has 5 rings (SSSR count). The number of pyridine rings is 1. The zero-order valence-corrected chi connectivity index (χ0v) is 15.6. The van der Waals surface area contributed by atoms with Gasteiger partial charge >= 0.3 is 0 Å². The number of hydrogen-bond donors (Lipinski definition) is 2. The van der Waals surface area contributed by atoms with Crippen molar-refractivity contribution < 1.29 is 4.79 Å². The number of fused-ring (bicyclic) bond motifs is 2. The van der Waals surface area contributed by atoms with E-state index >= 15 is 0 Å². The minimum absolute atomic E-state index is 0.00977. The van der Waals surface area contributed by atoms with Gasteiger partial charge < -0.3 is 14.9 Å². The lowest BCUT2D eigenvalue weighted by molar-refractivity contribution is 0.0684. The Balaban J connectivity index is 1.63. The predicted octanol–water partition coefficient (Wildman–Crippen LogP) is 3.64. The maximum atomic E-state index is 13.7. The van der Waals surface area contributed by atoms with Crippen LogP contribution in [0, 0.1) is 0 Å². The lowest BCUT2D eigenvalue weighted by Crippen LogP contribution is -2.41. The first kappa shape index (κ1) is 16.7. The number of aromatic amines is 2. The van der Waals surface area contributed by atoms with Crippen molar-refractivity contribution in [2.45, 2.75) is 25.8 Å². The Labute approximate surface area is 162 Å². The molecule has 0 unspecified atom stereocenters. The Morgan fingerprint density at radius 1 is 1.25 bits per heavy atom. The molecule has 1 aromatic carbocycles. The fourth-order valence-corrected chi connectivity index (χ4v) is 4.26. The van der Waals surface area contributed by atoms with Crippen molar-refractivity contribution >= 4 is 16.8 Å². The van der Waals surface area contributed by atoms with Gasteiger partial charge in [0.25, 0.3) is 5.91 Å². The molecule has 0 radical (unpaired) electrons. The van der Waals surface area contributed by atoms with E-state index in [9.17, 15) is 4.79 Å². The summed E-state index contributed by atoms with van der Waals surface area (Å²) in [6, 6.07) is 11.8. The summed E-state index contributed by atoms with van der Waals surface area (Å²) in [7, 11) is 0. The summed E-state index contributed by atoms with van der Waals surface area (Å²) in [5.41, 5.74) is 5.71. The van der Waals surface area contributed by atoms with E-state index in [0.717, 1.165) is 46.3 Å². The number of rotatable bonds is 3. The number of aromatic nitrogens is 4. The van der Waals surface area contributed by atoms with Crippen molar-refractivity contribution in [1.82, 2.24) is 24.8 Å². The molecule has 0 saturated heterocycles. The van der Waals surface area contributed by atoms with E-state index in [-0.39, 0.29) is 11.9 Å². The highest BCUT2D eigenvalue weighted by atomic mass is 16.2. The number of benzene rings is 1. The molecule has 1 amide bonds. The maximum Gasteiger partial charge on any atom is 0.271 e.